The highest BCUT2D eigenvalue weighted by Crippen LogP contribution is 2.36. The highest BCUT2D eigenvalue weighted by atomic mass is 16.5. The molecule has 1 fully saturated rings. The number of benzene rings is 2. The van der Waals surface area contributed by atoms with Crippen LogP contribution in [-0.4, -0.2) is 37.0 Å². The zero-order valence-electron chi connectivity index (χ0n) is 11.8. The normalized spacial score (nSPS) is 17.6. The van der Waals surface area contributed by atoms with Crippen LogP contribution in [0.1, 0.15) is 21.5 Å². The molecule has 0 unspecified atom stereocenters. The molecule has 21 heavy (non-hydrogen) atoms. The first kappa shape index (κ1) is 12.7. The molecule has 4 rings (SSSR count). The molecule has 3 heteroatoms. The maximum atomic E-state index is 12.5. The first-order valence-corrected chi connectivity index (χ1v) is 7.40. The molecule has 106 valence electrons. The number of fused-ring (bicyclic) bond motifs is 3. The smallest absolute Gasteiger partial charge is 0.194 e. The average molecular weight is 279 g/mol. The van der Waals surface area contributed by atoms with E-state index in [4.69, 9.17) is 4.74 Å². The Kier molecular flexibility index (Phi) is 3.09. The summed E-state index contributed by atoms with van der Waals surface area (Å²) in [5.41, 5.74) is 5.02. The van der Waals surface area contributed by atoms with Gasteiger partial charge in [-0.3, -0.25) is 9.69 Å². The summed E-state index contributed by atoms with van der Waals surface area (Å²) in [7, 11) is 0. The van der Waals surface area contributed by atoms with Crippen LogP contribution in [0.25, 0.3) is 11.1 Å². The lowest BCUT2D eigenvalue weighted by molar-refractivity contribution is 0.0342. The van der Waals surface area contributed by atoms with Crippen molar-refractivity contribution in [1.29, 1.82) is 0 Å². The van der Waals surface area contributed by atoms with Gasteiger partial charge in [0, 0.05) is 30.8 Å². The lowest BCUT2D eigenvalue weighted by atomic mass is 10.0. The van der Waals surface area contributed by atoms with Crippen LogP contribution >= 0.6 is 0 Å². The maximum absolute atomic E-state index is 12.5. The molecule has 0 aromatic heterocycles. The second-order valence-corrected chi connectivity index (χ2v) is 5.64. The lowest BCUT2D eigenvalue weighted by Crippen LogP contribution is -2.35. The second-order valence-electron chi connectivity index (χ2n) is 5.64. The molecular weight excluding hydrogens is 262 g/mol. The summed E-state index contributed by atoms with van der Waals surface area (Å²) in [6.07, 6.45) is 0. The Morgan fingerprint density at radius 2 is 1.62 bits per heavy atom. The van der Waals surface area contributed by atoms with E-state index in [2.05, 4.69) is 23.1 Å². The monoisotopic (exact) mass is 279 g/mol. The van der Waals surface area contributed by atoms with E-state index in [-0.39, 0.29) is 5.78 Å². The molecule has 0 amide bonds. The minimum Gasteiger partial charge on any atom is -0.379 e. The van der Waals surface area contributed by atoms with E-state index < -0.39 is 0 Å². The number of rotatable bonds is 2. The number of nitrogens with zero attached hydrogens (tertiary/aromatic N) is 1. The largest absolute Gasteiger partial charge is 0.379 e. The number of carbonyl (C=O) groups is 1. The predicted molar refractivity (Wildman–Crippen MR) is 81.4 cm³/mol. The van der Waals surface area contributed by atoms with Gasteiger partial charge in [0.25, 0.3) is 0 Å². The van der Waals surface area contributed by atoms with Crippen LogP contribution < -0.4 is 0 Å². The van der Waals surface area contributed by atoms with Crippen molar-refractivity contribution in [2.24, 2.45) is 0 Å². The van der Waals surface area contributed by atoms with E-state index >= 15 is 0 Å². The van der Waals surface area contributed by atoms with Gasteiger partial charge in [0.1, 0.15) is 0 Å². The standard InChI is InChI=1S/C18H17NO2/c20-18-16-4-2-1-3-14(16)15-6-5-13(11-17(15)18)12-19-7-9-21-10-8-19/h1-6,11H,7-10,12H2. The van der Waals surface area contributed by atoms with E-state index in [0.717, 1.165) is 55.1 Å². The minimum absolute atomic E-state index is 0.157. The van der Waals surface area contributed by atoms with Gasteiger partial charge in [-0.25, -0.2) is 0 Å². The average Bonchev–Trinajstić information content (AvgIpc) is 2.82. The molecule has 2 aliphatic rings. The van der Waals surface area contributed by atoms with Crippen molar-refractivity contribution in [1.82, 2.24) is 4.90 Å². The van der Waals surface area contributed by atoms with E-state index in [1.807, 2.05) is 24.3 Å². The van der Waals surface area contributed by atoms with Gasteiger partial charge >= 0.3 is 0 Å². The number of ether oxygens (including phenoxy) is 1. The molecule has 1 saturated heterocycles. The van der Waals surface area contributed by atoms with Crippen LogP contribution in [0.3, 0.4) is 0 Å². The van der Waals surface area contributed by atoms with Gasteiger partial charge in [0.15, 0.2) is 5.78 Å². The predicted octanol–water partition coefficient (Wildman–Crippen LogP) is 2.73. The number of ketones is 1. The van der Waals surface area contributed by atoms with Crippen LogP contribution in [0, 0.1) is 0 Å². The van der Waals surface area contributed by atoms with Gasteiger partial charge in [-0.1, -0.05) is 36.4 Å². The van der Waals surface area contributed by atoms with Crippen LogP contribution in [0.15, 0.2) is 42.5 Å². The number of hydrogen-bond donors (Lipinski definition) is 0. The van der Waals surface area contributed by atoms with Gasteiger partial charge in [-0.15, -0.1) is 0 Å². The summed E-state index contributed by atoms with van der Waals surface area (Å²) in [4.78, 5) is 14.9. The van der Waals surface area contributed by atoms with Crippen molar-refractivity contribution in [3.05, 3.63) is 59.2 Å². The van der Waals surface area contributed by atoms with Gasteiger partial charge in [0.05, 0.1) is 13.2 Å². The van der Waals surface area contributed by atoms with Gasteiger partial charge in [-0.05, 0) is 22.8 Å². The van der Waals surface area contributed by atoms with Crippen LogP contribution in [0.2, 0.25) is 0 Å². The van der Waals surface area contributed by atoms with E-state index in [9.17, 15) is 4.79 Å². The minimum atomic E-state index is 0.157. The fourth-order valence-corrected chi connectivity index (χ4v) is 3.19. The molecule has 0 spiro atoms. The van der Waals surface area contributed by atoms with Crippen molar-refractivity contribution in [2.45, 2.75) is 6.54 Å². The second kappa shape index (κ2) is 5.10. The Morgan fingerprint density at radius 1 is 0.905 bits per heavy atom. The Morgan fingerprint density at radius 3 is 2.43 bits per heavy atom. The summed E-state index contributed by atoms with van der Waals surface area (Å²) in [6.45, 7) is 4.42. The van der Waals surface area contributed by atoms with Gasteiger partial charge in [-0.2, -0.15) is 0 Å². The summed E-state index contributed by atoms with van der Waals surface area (Å²) in [6, 6.07) is 14.2. The van der Waals surface area contributed by atoms with Crippen molar-refractivity contribution in [3.63, 3.8) is 0 Å². The lowest BCUT2D eigenvalue weighted by Gasteiger charge is -2.26. The number of morpholine rings is 1. The fourth-order valence-electron chi connectivity index (χ4n) is 3.19. The van der Waals surface area contributed by atoms with E-state index in [1.165, 1.54) is 5.56 Å². The Bertz CT molecular complexity index is 702. The fraction of sp³-hybridized carbons (Fsp3) is 0.278. The molecule has 3 nitrogen and oxygen atoms in total. The van der Waals surface area contributed by atoms with Crippen molar-refractivity contribution >= 4 is 5.78 Å². The molecular formula is C18H17NO2. The summed E-state index contributed by atoms with van der Waals surface area (Å²) in [5.74, 6) is 0.157. The third kappa shape index (κ3) is 2.19. The van der Waals surface area contributed by atoms with E-state index in [0.29, 0.717) is 0 Å². The molecule has 1 aliphatic heterocycles. The van der Waals surface area contributed by atoms with Gasteiger partial charge in [0.2, 0.25) is 0 Å². The molecule has 0 bridgehead atoms. The molecule has 0 N–H and O–H groups in total. The van der Waals surface area contributed by atoms with Crippen LogP contribution in [0.4, 0.5) is 0 Å². The Balaban J connectivity index is 1.65. The quantitative estimate of drug-likeness (QED) is 0.722. The third-order valence-electron chi connectivity index (χ3n) is 4.30. The molecule has 1 aliphatic carbocycles. The summed E-state index contributed by atoms with van der Waals surface area (Å²) in [5, 5.41) is 0. The Hall–Kier alpha value is -1.97. The zero-order valence-corrected chi connectivity index (χ0v) is 11.8. The topological polar surface area (TPSA) is 29.5 Å². The SMILES string of the molecule is O=C1c2ccccc2-c2ccc(CN3CCOCC3)cc21. The molecule has 1 heterocycles. The highest BCUT2D eigenvalue weighted by Gasteiger charge is 2.26. The van der Waals surface area contributed by atoms with Crippen molar-refractivity contribution < 1.29 is 9.53 Å². The molecule has 0 saturated carbocycles. The molecule has 2 aromatic carbocycles. The number of hydrogen-bond acceptors (Lipinski definition) is 3. The molecule has 0 radical (unpaired) electrons. The molecule has 0 atom stereocenters. The Labute approximate surface area is 124 Å². The van der Waals surface area contributed by atoms with Crippen molar-refractivity contribution in [3.8, 4) is 11.1 Å². The van der Waals surface area contributed by atoms with Crippen LogP contribution in [-0.2, 0) is 11.3 Å². The third-order valence-corrected chi connectivity index (χ3v) is 4.30. The maximum Gasteiger partial charge on any atom is 0.194 e. The zero-order chi connectivity index (χ0) is 14.2. The molecule has 2 aromatic rings. The number of carbonyl (C=O) groups excluding carboxylic acids is 1. The summed E-state index contributed by atoms with van der Waals surface area (Å²) < 4.78 is 5.37. The van der Waals surface area contributed by atoms with Crippen molar-refractivity contribution in [2.75, 3.05) is 26.3 Å². The highest BCUT2D eigenvalue weighted by molar-refractivity contribution is 6.21. The first-order valence-electron chi connectivity index (χ1n) is 7.40. The van der Waals surface area contributed by atoms with E-state index in [1.54, 1.807) is 0 Å². The van der Waals surface area contributed by atoms with Crippen LogP contribution in [0.5, 0.6) is 0 Å². The first-order chi connectivity index (χ1) is 10.3. The summed E-state index contributed by atoms with van der Waals surface area (Å²) >= 11 is 0. The van der Waals surface area contributed by atoms with Gasteiger partial charge < -0.3 is 4.74 Å².